The maximum atomic E-state index is 12.6. The number of fused-ring (bicyclic) bond motifs is 1. The molecular formula is C14H16ClN3O. The molecule has 0 amide bonds. The average molecular weight is 278 g/mol. The van der Waals surface area contributed by atoms with Gasteiger partial charge in [-0.15, -0.1) is 0 Å². The summed E-state index contributed by atoms with van der Waals surface area (Å²) in [6, 6.07) is 3.88. The number of hydrogen-bond acceptors (Lipinski definition) is 3. The van der Waals surface area contributed by atoms with Crippen molar-refractivity contribution in [1.29, 1.82) is 0 Å². The van der Waals surface area contributed by atoms with Gasteiger partial charge in [0.2, 0.25) is 0 Å². The van der Waals surface area contributed by atoms with Crippen LogP contribution in [-0.4, -0.2) is 15.6 Å². The molecule has 1 aliphatic carbocycles. The highest BCUT2D eigenvalue weighted by Gasteiger charge is 2.24. The summed E-state index contributed by atoms with van der Waals surface area (Å²) in [5.74, 6) is 0. The number of hydrogen-bond donors (Lipinski definition) is 1. The predicted octanol–water partition coefficient (Wildman–Crippen LogP) is 2.41. The van der Waals surface area contributed by atoms with Gasteiger partial charge in [0.15, 0.2) is 0 Å². The molecule has 1 saturated carbocycles. The Labute approximate surface area is 116 Å². The Morgan fingerprint density at radius 3 is 2.89 bits per heavy atom. The zero-order valence-electron chi connectivity index (χ0n) is 10.8. The Hall–Kier alpha value is -1.39. The van der Waals surface area contributed by atoms with Crippen molar-refractivity contribution in [3.8, 4) is 0 Å². The number of nitrogens with two attached hydrogens (primary N) is 1. The van der Waals surface area contributed by atoms with Gasteiger partial charge in [0.25, 0.3) is 5.56 Å². The van der Waals surface area contributed by atoms with Crippen molar-refractivity contribution in [2.24, 2.45) is 5.73 Å². The summed E-state index contributed by atoms with van der Waals surface area (Å²) >= 11 is 6.04. The third-order valence-electron chi connectivity index (χ3n) is 3.88. The minimum Gasteiger partial charge on any atom is -0.328 e. The Balaban J connectivity index is 2.18. The molecule has 19 heavy (non-hydrogen) atoms. The van der Waals surface area contributed by atoms with Gasteiger partial charge < -0.3 is 5.73 Å². The van der Waals surface area contributed by atoms with Gasteiger partial charge in [-0.25, -0.2) is 4.98 Å². The second-order valence-corrected chi connectivity index (χ2v) is 5.74. The molecule has 2 N–H and O–H groups in total. The molecule has 1 fully saturated rings. The van der Waals surface area contributed by atoms with Gasteiger partial charge in [-0.2, -0.15) is 0 Å². The summed E-state index contributed by atoms with van der Waals surface area (Å²) in [6.07, 6.45) is 4.39. The maximum Gasteiger partial charge on any atom is 0.261 e. The SMILES string of the molecule is Cc1cc(Cl)cc2c(=O)n([C@H]3CC[C@H](N)C3)cnc12. The molecular weight excluding hydrogens is 262 g/mol. The second-order valence-electron chi connectivity index (χ2n) is 5.30. The Bertz CT molecular complexity index is 695. The zero-order valence-corrected chi connectivity index (χ0v) is 11.5. The molecule has 1 aliphatic rings. The molecule has 0 saturated heterocycles. The molecule has 1 aromatic heterocycles. The summed E-state index contributed by atoms with van der Waals surface area (Å²) in [5, 5.41) is 1.16. The van der Waals surface area contributed by atoms with E-state index in [9.17, 15) is 4.79 Å². The fourth-order valence-electron chi connectivity index (χ4n) is 2.89. The fraction of sp³-hybridized carbons (Fsp3) is 0.429. The van der Waals surface area contributed by atoms with Crippen molar-refractivity contribution in [3.63, 3.8) is 0 Å². The standard InChI is InChI=1S/C14H16ClN3O/c1-8-4-9(15)5-12-13(8)17-7-18(14(12)19)11-3-2-10(16)6-11/h4-5,7,10-11H,2-3,6,16H2,1H3/t10-,11-/m0/s1. The van der Waals surface area contributed by atoms with E-state index in [-0.39, 0.29) is 17.6 Å². The topological polar surface area (TPSA) is 60.9 Å². The molecule has 0 unspecified atom stereocenters. The molecule has 100 valence electrons. The van der Waals surface area contributed by atoms with Crippen molar-refractivity contribution in [1.82, 2.24) is 9.55 Å². The van der Waals surface area contributed by atoms with E-state index in [1.807, 2.05) is 13.0 Å². The van der Waals surface area contributed by atoms with E-state index in [0.29, 0.717) is 10.4 Å². The average Bonchev–Trinajstić information content (AvgIpc) is 2.77. The van der Waals surface area contributed by atoms with Gasteiger partial charge in [0.1, 0.15) is 0 Å². The fourth-order valence-corrected chi connectivity index (χ4v) is 3.16. The highest BCUT2D eigenvalue weighted by atomic mass is 35.5. The number of aryl methyl sites for hydroxylation is 1. The first kappa shape index (κ1) is 12.6. The number of nitrogens with zero attached hydrogens (tertiary/aromatic N) is 2. The second kappa shape index (κ2) is 4.62. The molecule has 0 bridgehead atoms. The van der Waals surface area contributed by atoms with E-state index in [0.717, 1.165) is 30.3 Å². The molecule has 0 radical (unpaired) electrons. The summed E-state index contributed by atoms with van der Waals surface area (Å²) in [7, 11) is 0. The third-order valence-corrected chi connectivity index (χ3v) is 4.10. The molecule has 0 aliphatic heterocycles. The summed E-state index contributed by atoms with van der Waals surface area (Å²) in [5.41, 5.74) is 7.55. The van der Waals surface area contributed by atoms with Crippen molar-refractivity contribution < 1.29 is 0 Å². The highest BCUT2D eigenvalue weighted by Crippen LogP contribution is 2.28. The van der Waals surface area contributed by atoms with Gasteiger partial charge in [-0.05, 0) is 43.9 Å². The lowest BCUT2D eigenvalue weighted by molar-refractivity contribution is 0.491. The number of rotatable bonds is 1. The summed E-state index contributed by atoms with van der Waals surface area (Å²) in [4.78, 5) is 17.0. The number of benzene rings is 1. The number of halogens is 1. The van der Waals surface area contributed by atoms with E-state index in [1.165, 1.54) is 0 Å². The predicted molar refractivity (Wildman–Crippen MR) is 76.6 cm³/mol. The molecule has 3 rings (SSSR count). The molecule has 4 nitrogen and oxygen atoms in total. The van der Waals surface area contributed by atoms with Gasteiger partial charge in [-0.1, -0.05) is 11.6 Å². The van der Waals surface area contributed by atoms with Gasteiger partial charge in [0, 0.05) is 17.1 Å². The van der Waals surface area contributed by atoms with Crippen molar-refractivity contribution in [2.75, 3.05) is 0 Å². The van der Waals surface area contributed by atoms with Crippen LogP contribution >= 0.6 is 11.6 Å². The highest BCUT2D eigenvalue weighted by molar-refractivity contribution is 6.31. The molecule has 1 aromatic carbocycles. The van der Waals surface area contributed by atoms with Crippen LogP contribution in [0.2, 0.25) is 5.02 Å². The Kier molecular flexibility index (Phi) is 3.07. The van der Waals surface area contributed by atoms with Crippen LogP contribution in [0.25, 0.3) is 10.9 Å². The smallest absolute Gasteiger partial charge is 0.261 e. The first-order valence-electron chi connectivity index (χ1n) is 6.49. The van der Waals surface area contributed by atoms with Gasteiger partial charge in [0.05, 0.1) is 17.2 Å². The monoisotopic (exact) mass is 277 g/mol. The van der Waals surface area contributed by atoms with Crippen LogP contribution in [0.1, 0.15) is 30.9 Å². The molecule has 2 atom stereocenters. The van der Waals surface area contributed by atoms with E-state index >= 15 is 0 Å². The number of aromatic nitrogens is 2. The first-order valence-corrected chi connectivity index (χ1v) is 6.86. The molecule has 1 heterocycles. The third kappa shape index (κ3) is 2.15. The lowest BCUT2D eigenvalue weighted by Crippen LogP contribution is -2.25. The van der Waals surface area contributed by atoms with Crippen LogP contribution in [0.4, 0.5) is 0 Å². The largest absolute Gasteiger partial charge is 0.328 e. The minimum atomic E-state index is -0.0188. The zero-order chi connectivity index (χ0) is 13.6. The van der Waals surface area contributed by atoms with Crippen LogP contribution < -0.4 is 11.3 Å². The molecule has 5 heteroatoms. The van der Waals surface area contributed by atoms with E-state index in [4.69, 9.17) is 17.3 Å². The van der Waals surface area contributed by atoms with Crippen LogP contribution in [-0.2, 0) is 0 Å². The van der Waals surface area contributed by atoms with Gasteiger partial charge in [-0.3, -0.25) is 9.36 Å². The summed E-state index contributed by atoms with van der Waals surface area (Å²) < 4.78 is 1.71. The summed E-state index contributed by atoms with van der Waals surface area (Å²) in [6.45, 7) is 1.91. The Morgan fingerprint density at radius 2 is 2.21 bits per heavy atom. The Morgan fingerprint density at radius 1 is 1.42 bits per heavy atom. The van der Waals surface area contributed by atoms with E-state index in [1.54, 1.807) is 17.0 Å². The first-order chi connectivity index (χ1) is 9.06. The molecule has 2 aromatic rings. The lowest BCUT2D eigenvalue weighted by atomic mass is 10.1. The van der Waals surface area contributed by atoms with Crippen molar-refractivity contribution in [3.05, 3.63) is 39.4 Å². The quantitative estimate of drug-likeness (QED) is 0.871. The van der Waals surface area contributed by atoms with E-state index in [2.05, 4.69) is 4.98 Å². The van der Waals surface area contributed by atoms with Crippen LogP contribution in [0.15, 0.2) is 23.3 Å². The van der Waals surface area contributed by atoms with E-state index < -0.39 is 0 Å². The molecule has 0 spiro atoms. The van der Waals surface area contributed by atoms with Crippen LogP contribution in [0.3, 0.4) is 0 Å². The van der Waals surface area contributed by atoms with Crippen LogP contribution in [0, 0.1) is 6.92 Å². The minimum absolute atomic E-state index is 0.0188. The van der Waals surface area contributed by atoms with Crippen molar-refractivity contribution >= 4 is 22.5 Å². The lowest BCUT2D eigenvalue weighted by Gasteiger charge is -2.14. The van der Waals surface area contributed by atoms with Gasteiger partial charge >= 0.3 is 0 Å². The normalized spacial score (nSPS) is 23.1. The van der Waals surface area contributed by atoms with Crippen molar-refractivity contribution in [2.45, 2.75) is 38.3 Å². The van der Waals surface area contributed by atoms with Crippen LogP contribution in [0.5, 0.6) is 0 Å². The maximum absolute atomic E-state index is 12.6.